The van der Waals surface area contributed by atoms with Gasteiger partial charge in [-0.2, -0.15) is 4.98 Å². The van der Waals surface area contributed by atoms with Gasteiger partial charge in [-0.25, -0.2) is 4.98 Å². The molecule has 0 radical (unpaired) electrons. The molecule has 0 amide bonds. The SMILES string of the molecule is COCCn1c(SCc2nc(-c3ccccc3C)no2)nc2ccccc2c1=O. The molecule has 0 unspecified atom stereocenters. The van der Waals surface area contributed by atoms with Gasteiger partial charge in [0.2, 0.25) is 11.7 Å². The van der Waals surface area contributed by atoms with Crippen LogP contribution in [0.1, 0.15) is 11.5 Å². The van der Waals surface area contributed by atoms with Crippen LogP contribution in [-0.4, -0.2) is 33.4 Å². The molecule has 2 aromatic carbocycles. The fourth-order valence-electron chi connectivity index (χ4n) is 3.01. The standard InChI is InChI=1S/C21H20N4O3S/c1-14-7-3-4-8-15(14)19-23-18(28-24-19)13-29-21-22-17-10-6-5-9-16(17)20(26)25(21)11-12-27-2/h3-10H,11-13H2,1-2H3. The number of aryl methyl sites for hydroxylation is 1. The minimum absolute atomic E-state index is 0.0821. The summed E-state index contributed by atoms with van der Waals surface area (Å²) >= 11 is 1.39. The first-order valence-corrected chi connectivity index (χ1v) is 10.2. The molecule has 0 saturated carbocycles. The van der Waals surface area contributed by atoms with Gasteiger partial charge in [0.1, 0.15) is 0 Å². The minimum atomic E-state index is -0.0821. The van der Waals surface area contributed by atoms with Crippen molar-refractivity contribution >= 4 is 22.7 Å². The Labute approximate surface area is 171 Å². The van der Waals surface area contributed by atoms with Gasteiger partial charge in [-0.15, -0.1) is 0 Å². The Morgan fingerprint density at radius 1 is 1.10 bits per heavy atom. The Morgan fingerprint density at radius 2 is 1.90 bits per heavy atom. The highest BCUT2D eigenvalue weighted by Gasteiger charge is 2.15. The summed E-state index contributed by atoms with van der Waals surface area (Å²) in [6.07, 6.45) is 0. The molecule has 0 fully saturated rings. The molecule has 8 heteroatoms. The van der Waals surface area contributed by atoms with Crippen LogP contribution in [0.4, 0.5) is 0 Å². The van der Waals surface area contributed by atoms with Crippen LogP contribution < -0.4 is 5.56 Å². The molecule has 0 bridgehead atoms. The van der Waals surface area contributed by atoms with Crippen molar-refractivity contribution in [3.8, 4) is 11.4 Å². The quantitative estimate of drug-likeness (QED) is 0.341. The van der Waals surface area contributed by atoms with Crippen LogP contribution in [0.25, 0.3) is 22.3 Å². The number of nitrogens with zero attached hydrogens (tertiary/aromatic N) is 4. The lowest BCUT2D eigenvalue weighted by atomic mass is 10.1. The average molecular weight is 408 g/mol. The highest BCUT2D eigenvalue weighted by molar-refractivity contribution is 7.98. The van der Waals surface area contributed by atoms with E-state index in [2.05, 4.69) is 15.1 Å². The fourth-order valence-corrected chi connectivity index (χ4v) is 3.87. The molecule has 0 spiro atoms. The summed E-state index contributed by atoms with van der Waals surface area (Å²) in [5, 5.41) is 5.28. The molecule has 0 aliphatic carbocycles. The zero-order chi connectivity index (χ0) is 20.2. The van der Waals surface area contributed by atoms with E-state index in [-0.39, 0.29) is 5.56 Å². The largest absolute Gasteiger partial charge is 0.383 e. The molecule has 0 aliphatic rings. The first-order chi connectivity index (χ1) is 14.2. The minimum Gasteiger partial charge on any atom is -0.383 e. The molecule has 2 aromatic heterocycles. The van der Waals surface area contributed by atoms with E-state index < -0.39 is 0 Å². The van der Waals surface area contributed by atoms with Crippen molar-refractivity contribution in [1.82, 2.24) is 19.7 Å². The van der Waals surface area contributed by atoms with Crippen molar-refractivity contribution in [2.45, 2.75) is 24.4 Å². The molecule has 7 nitrogen and oxygen atoms in total. The van der Waals surface area contributed by atoms with Gasteiger partial charge in [-0.05, 0) is 24.6 Å². The number of thioether (sulfide) groups is 1. The number of hydrogen-bond acceptors (Lipinski definition) is 7. The molecule has 4 aromatic rings. The topological polar surface area (TPSA) is 83.0 Å². The van der Waals surface area contributed by atoms with E-state index in [1.807, 2.05) is 49.4 Å². The second-order valence-electron chi connectivity index (χ2n) is 6.48. The molecule has 2 heterocycles. The van der Waals surface area contributed by atoms with Crippen molar-refractivity contribution < 1.29 is 9.26 Å². The van der Waals surface area contributed by atoms with E-state index in [4.69, 9.17) is 9.26 Å². The number of aromatic nitrogens is 4. The highest BCUT2D eigenvalue weighted by atomic mass is 32.2. The van der Waals surface area contributed by atoms with E-state index >= 15 is 0 Å². The maximum atomic E-state index is 12.9. The molecular weight excluding hydrogens is 388 g/mol. The normalized spacial score (nSPS) is 11.2. The summed E-state index contributed by atoms with van der Waals surface area (Å²) in [5.74, 6) is 1.45. The van der Waals surface area contributed by atoms with Crippen LogP contribution in [0.2, 0.25) is 0 Å². The van der Waals surface area contributed by atoms with E-state index in [9.17, 15) is 4.79 Å². The van der Waals surface area contributed by atoms with Crippen LogP contribution in [0, 0.1) is 6.92 Å². The Bertz CT molecular complexity index is 1200. The third-order valence-corrected chi connectivity index (χ3v) is 5.49. The molecule has 0 aliphatic heterocycles. The van der Waals surface area contributed by atoms with Crippen LogP contribution >= 0.6 is 11.8 Å². The maximum Gasteiger partial charge on any atom is 0.262 e. The molecule has 148 valence electrons. The van der Waals surface area contributed by atoms with Gasteiger partial charge in [0, 0.05) is 12.7 Å². The van der Waals surface area contributed by atoms with E-state index in [1.54, 1.807) is 17.7 Å². The Hall–Kier alpha value is -2.97. The van der Waals surface area contributed by atoms with Gasteiger partial charge in [0.15, 0.2) is 5.16 Å². The monoisotopic (exact) mass is 408 g/mol. The third kappa shape index (κ3) is 4.08. The molecule has 4 rings (SSSR count). The van der Waals surface area contributed by atoms with Crippen LogP contribution in [0.15, 0.2) is 63.0 Å². The summed E-state index contributed by atoms with van der Waals surface area (Å²) in [6.45, 7) is 2.85. The van der Waals surface area contributed by atoms with Gasteiger partial charge in [0.05, 0.1) is 29.8 Å². The first-order valence-electron chi connectivity index (χ1n) is 9.17. The predicted octanol–water partition coefficient (Wildman–Crippen LogP) is 3.69. The zero-order valence-electron chi connectivity index (χ0n) is 16.2. The van der Waals surface area contributed by atoms with Crippen molar-refractivity contribution in [1.29, 1.82) is 0 Å². The van der Waals surface area contributed by atoms with E-state index in [1.165, 1.54) is 11.8 Å². The fraction of sp³-hybridized carbons (Fsp3) is 0.238. The van der Waals surface area contributed by atoms with Gasteiger partial charge < -0.3 is 9.26 Å². The van der Waals surface area contributed by atoms with Gasteiger partial charge in [-0.1, -0.05) is 53.3 Å². The number of benzene rings is 2. The van der Waals surface area contributed by atoms with Crippen molar-refractivity contribution in [3.05, 3.63) is 70.3 Å². The van der Waals surface area contributed by atoms with Crippen LogP contribution in [0.5, 0.6) is 0 Å². The highest BCUT2D eigenvalue weighted by Crippen LogP contribution is 2.24. The lowest BCUT2D eigenvalue weighted by molar-refractivity contribution is 0.183. The summed E-state index contributed by atoms with van der Waals surface area (Å²) < 4.78 is 12.2. The first kappa shape index (κ1) is 19.4. The van der Waals surface area contributed by atoms with Crippen LogP contribution in [-0.2, 0) is 17.0 Å². The number of hydrogen-bond donors (Lipinski definition) is 0. The third-order valence-electron chi connectivity index (χ3n) is 4.52. The molecule has 0 atom stereocenters. The smallest absolute Gasteiger partial charge is 0.262 e. The molecular formula is C21H20N4O3S. The maximum absolute atomic E-state index is 12.9. The molecule has 0 saturated heterocycles. The van der Waals surface area contributed by atoms with E-state index in [0.29, 0.717) is 46.7 Å². The molecule has 0 N–H and O–H groups in total. The van der Waals surface area contributed by atoms with E-state index in [0.717, 1.165) is 11.1 Å². The number of fused-ring (bicyclic) bond motifs is 1. The second-order valence-corrected chi connectivity index (χ2v) is 7.42. The van der Waals surface area contributed by atoms with Crippen molar-refractivity contribution in [3.63, 3.8) is 0 Å². The number of rotatable bonds is 7. The lowest BCUT2D eigenvalue weighted by Gasteiger charge is -2.12. The lowest BCUT2D eigenvalue weighted by Crippen LogP contribution is -2.25. The number of ether oxygens (including phenoxy) is 1. The summed E-state index contributed by atoms with van der Waals surface area (Å²) in [4.78, 5) is 22.1. The average Bonchev–Trinajstić information content (AvgIpc) is 3.21. The number of methoxy groups -OCH3 is 1. The Kier molecular flexibility index (Phi) is 5.73. The zero-order valence-corrected chi connectivity index (χ0v) is 17.0. The van der Waals surface area contributed by atoms with Gasteiger partial charge in [0.25, 0.3) is 5.56 Å². The summed E-state index contributed by atoms with van der Waals surface area (Å²) in [6, 6.07) is 15.2. The summed E-state index contributed by atoms with van der Waals surface area (Å²) in [5.41, 5.74) is 2.60. The Balaban J connectivity index is 1.61. The predicted molar refractivity (Wildman–Crippen MR) is 112 cm³/mol. The molecule has 29 heavy (non-hydrogen) atoms. The van der Waals surface area contributed by atoms with Crippen molar-refractivity contribution in [2.24, 2.45) is 0 Å². The van der Waals surface area contributed by atoms with Gasteiger partial charge >= 0.3 is 0 Å². The second kappa shape index (κ2) is 8.59. The van der Waals surface area contributed by atoms with Crippen molar-refractivity contribution in [2.75, 3.05) is 13.7 Å². The van der Waals surface area contributed by atoms with Crippen LogP contribution in [0.3, 0.4) is 0 Å². The van der Waals surface area contributed by atoms with Gasteiger partial charge in [-0.3, -0.25) is 9.36 Å². The number of para-hydroxylation sites is 1. The summed E-state index contributed by atoms with van der Waals surface area (Å²) in [7, 11) is 1.61. The Morgan fingerprint density at radius 3 is 2.72 bits per heavy atom.